The molecule has 190 valence electrons. The van der Waals surface area contributed by atoms with Crippen molar-refractivity contribution in [1.29, 1.82) is 0 Å². The molecule has 0 saturated carbocycles. The highest BCUT2D eigenvalue weighted by molar-refractivity contribution is 6.32. The topological polar surface area (TPSA) is 108 Å². The number of aromatic amines is 1. The molecule has 0 radical (unpaired) electrons. The van der Waals surface area contributed by atoms with Crippen molar-refractivity contribution in [2.75, 3.05) is 6.61 Å². The van der Waals surface area contributed by atoms with Crippen LogP contribution in [0.1, 0.15) is 48.6 Å². The molecule has 0 unspecified atom stereocenters. The molecule has 0 spiro atoms. The number of hydrogen-bond acceptors (Lipinski definition) is 6. The van der Waals surface area contributed by atoms with Gasteiger partial charge in [0.05, 0.1) is 24.4 Å². The summed E-state index contributed by atoms with van der Waals surface area (Å²) < 4.78 is 13.9. The molecular weight excluding hydrogens is 494 g/mol. The van der Waals surface area contributed by atoms with Crippen LogP contribution in [0.4, 0.5) is 0 Å². The summed E-state index contributed by atoms with van der Waals surface area (Å²) >= 11 is 6.43. The van der Waals surface area contributed by atoms with Gasteiger partial charge in [0.25, 0.3) is 0 Å². The first-order valence-electron chi connectivity index (χ1n) is 12.2. The third-order valence-electron chi connectivity index (χ3n) is 6.24. The second-order valence-electron chi connectivity index (χ2n) is 8.57. The number of fused-ring (bicyclic) bond motifs is 1. The van der Waals surface area contributed by atoms with Crippen molar-refractivity contribution in [3.05, 3.63) is 87.5 Å². The third-order valence-corrected chi connectivity index (χ3v) is 6.50. The predicted molar refractivity (Wildman–Crippen MR) is 140 cm³/mol. The minimum absolute atomic E-state index is 0.157. The molecule has 3 aromatic heterocycles. The first kappa shape index (κ1) is 24.6. The van der Waals surface area contributed by atoms with Gasteiger partial charge in [-0.1, -0.05) is 54.4 Å². The van der Waals surface area contributed by atoms with Crippen LogP contribution in [0.25, 0.3) is 28.0 Å². The maximum Gasteiger partial charge on any atom is 0.439 e. The Hall–Kier alpha value is -4.11. The number of esters is 1. The van der Waals surface area contributed by atoms with Crippen molar-refractivity contribution in [2.45, 2.75) is 39.7 Å². The summed E-state index contributed by atoms with van der Waals surface area (Å²) in [6.45, 7) is 4.53. The second-order valence-corrected chi connectivity index (χ2v) is 8.93. The number of carbonyl (C=O) groups excluding carboxylic acids is 1. The molecule has 10 heteroatoms. The Labute approximate surface area is 217 Å². The van der Waals surface area contributed by atoms with Gasteiger partial charge >= 0.3 is 11.7 Å². The van der Waals surface area contributed by atoms with E-state index >= 15 is 0 Å². The lowest BCUT2D eigenvalue weighted by molar-refractivity contribution is 0.0514. The van der Waals surface area contributed by atoms with Crippen molar-refractivity contribution < 1.29 is 14.1 Å². The van der Waals surface area contributed by atoms with E-state index in [1.165, 1.54) is 0 Å². The summed E-state index contributed by atoms with van der Waals surface area (Å²) in [5.74, 6) is 0.0146. The van der Waals surface area contributed by atoms with E-state index < -0.39 is 11.7 Å². The van der Waals surface area contributed by atoms with E-state index in [0.29, 0.717) is 18.8 Å². The van der Waals surface area contributed by atoms with Crippen molar-refractivity contribution in [1.82, 2.24) is 24.3 Å². The molecule has 0 aliphatic heterocycles. The highest BCUT2D eigenvalue weighted by Gasteiger charge is 2.24. The number of imidazole rings is 1. The van der Waals surface area contributed by atoms with Crippen LogP contribution in [0.15, 0.2) is 64.0 Å². The molecule has 0 amide bonds. The first-order chi connectivity index (χ1) is 18.0. The molecule has 0 aliphatic rings. The first-order valence-corrected chi connectivity index (χ1v) is 12.6. The lowest BCUT2D eigenvalue weighted by Gasteiger charge is -2.14. The number of para-hydroxylation sites is 1. The summed E-state index contributed by atoms with van der Waals surface area (Å²) in [6, 6.07) is 15.7. The van der Waals surface area contributed by atoms with Gasteiger partial charge in [0, 0.05) is 23.6 Å². The molecule has 37 heavy (non-hydrogen) atoms. The van der Waals surface area contributed by atoms with Crippen molar-refractivity contribution in [2.24, 2.45) is 0 Å². The molecule has 0 atom stereocenters. The lowest BCUT2D eigenvalue weighted by atomic mass is 10.1. The normalized spacial score (nSPS) is 11.3. The highest BCUT2D eigenvalue weighted by Crippen LogP contribution is 2.30. The SMILES string of the molecule is CCCCc1nc(Cl)c(C(=O)OCC)n1Cc1cccc2c1ccn2-c1ccccc1-c1noc(=O)[nH]1. The van der Waals surface area contributed by atoms with Crippen molar-refractivity contribution in [3.8, 4) is 17.1 Å². The fourth-order valence-electron chi connectivity index (χ4n) is 4.54. The number of rotatable bonds is 9. The number of nitrogens with zero attached hydrogens (tertiary/aromatic N) is 4. The zero-order chi connectivity index (χ0) is 25.9. The summed E-state index contributed by atoms with van der Waals surface area (Å²) in [4.78, 5) is 31.5. The molecule has 5 rings (SSSR count). The van der Waals surface area contributed by atoms with E-state index in [4.69, 9.17) is 20.9 Å². The minimum Gasteiger partial charge on any atom is -0.461 e. The molecule has 5 aromatic rings. The molecule has 9 nitrogen and oxygen atoms in total. The number of H-pyrrole nitrogens is 1. The van der Waals surface area contributed by atoms with Crippen LogP contribution in [0.2, 0.25) is 5.15 Å². The molecule has 0 saturated heterocycles. The molecule has 2 aromatic carbocycles. The number of aromatic nitrogens is 5. The standard InChI is InChI=1S/C27H26ClN5O4/c1-3-5-13-22-29-24(28)23(26(34)36-4-2)33(22)16-17-9-8-12-20-18(17)14-15-32(20)21-11-7-6-10-19(21)25-30-27(35)37-31-25/h6-12,14-15H,3-5,13,16H2,1-2H3,(H,30,31,35). The number of benzene rings is 2. The van der Waals surface area contributed by atoms with Crippen LogP contribution in [0.3, 0.4) is 0 Å². The molecule has 0 aliphatic carbocycles. The van der Waals surface area contributed by atoms with Gasteiger partial charge in [0.2, 0.25) is 0 Å². The van der Waals surface area contributed by atoms with E-state index in [1.54, 1.807) is 6.92 Å². The van der Waals surface area contributed by atoms with Gasteiger partial charge in [-0.3, -0.25) is 9.51 Å². The van der Waals surface area contributed by atoms with Crippen LogP contribution < -0.4 is 5.76 Å². The third kappa shape index (κ3) is 4.70. The van der Waals surface area contributed by atoms with E-state index in [1.807, 2.05) is 63.9 Å². The minimum atomic E-state index is -0.611. The number of hydrogen-bond donors (Lipinski definition) is 1. The quantitative estimate of drug-likeness (QED) is 0.261. The smallest absolute Gasteiger partial charge is 0.439 e. The number of nitrogens with one attached hydrogen (secondary N) is 1. The fraction of sp³-hybridized carbons (Fsp3) is 0.259. The summed E-state index contributed by atoms with van der Waals surface area (Å²) in [5, 5.41) is 5.03. The van der Waals surface area contributed by atoms with E-state index in [2.05, 4.69) is 22.0 Å². The van der Waals surface area contributed by atoms with Gasteiger partial charge in [-0.05, 0) is 43.2 Å². The molecule has 3 heterocycles. The number of ether oxygens (including phenoxy) is 1. The Morgan fingerprint density at radius 2 is 1.97 bits per heavy atom. The van der Waals surface area contributed by atoms with Crippen LogP contribution in [0.5, 0.6) is 0 Å². The Kier molecular flexibility index (Phi) is 6.96. The zero-order valence-electron chi connectivity index (χ0n) is 20.5. The predicted octanol–water partition coefficient (Wildman–Crippen LogP) is 5.39. The Morgan fingerprint density at radius 1 is 1.14 bits per heavy atom. The van der Waals surface area contributed by atoms with E-state index in [-0.39, 0.29) is 17.5 Å². The zero-order valence-corrected chi connectivity index (χ0v) is 21.3. The maximum absolute atomic E-state index is 12.8. The Balaban J connectivity index is 1.60. The van der Waals surface area contributed by atoms with Crippen molar-refractivity contribution in [3.63, 3.8) is 0 Å². The monoisotopic (exact) mass is 519 g/mol. The van der Waals surface area contributed by atoms with Gasteiger partial charge in [-0.25, -0.2) is 14.6 Å². The molecule has 0 bridgehead atoms. The fourth-order valence-corrected chi connectivity index (χ4v) is 4.81. The average molecular weight is 520 g/mol. The lowest BCUT2D eigenvalue weighted by Crippen LogP contribution is -2.15. The summed E-state index contributed by atoms with van der Waals surface area (Å²) in [6.07, 6.45) is 4.59. The number of carbonyl (C=O) groups is 1. The van der Waals surface area contributed by atoms with Gasteiger partial charge in [0.15, 0.2) is 16.7 Å². The Bertz CT molecular complexity index is 1630. The Morgan fingerprint density at radius 3 is 2.73 bits per heavy atom. The van der Waals surface area contributed by atoms with Crippen LogP contribution >= 0.6 is 11.6 Å². The molecule has 0 fully saturated rings. The van der Waals surface area contributed by atoms with Gasteiger partial charge in [-0.15, -0.1) is 0 Å². The van der Waals surface area contributed by atoms with Gasteiger partial charge in [-0.2, -0.15) is 0 Å². The average Bonchev–Trinajstić information content (AvgIpc) is 3.60. The largest absolute Gasteiger partial charge is 0.461 e. The van der Waals surface area contributed by atoms with Crippen LogP contribution in [-0.4, -0.2) is 36.8 Å². The van der Waals surface area contributed by atoms with Crippen LogP contribution in [-0.2, 0) is 17.7 Å². The summed E-state index contributed by atoms with van der Waals surface area (Å²) in [5.41, 5.74) is 3.78. The van der Waals surface area contributed by atoms with Gasteiger partial charge in [0.1, 0.15) is 5.82 Å². The number of aryl methyl sites for hydroxylation is 1. The van der Waals surface area contributed by atoms with E-state index in [0.717, 1.165) is 46.4 Å². The van der Waals surface area contributed by atoms with Crippen LogP contribution in [0, 0.1) is 0 Å². The second kappa shape index (κ2) is 10.5. The molecule has 1 N–H and O–H groups in total. The van der Waals surface area contributed by atoms with Crippen molar-refractivity contribution >= 4 is 28.5 Å². The van der Waals surface area contributed by atoms with E-state index in [9.17, 15) is 9.59 Å². The van der Waals surface area contributed by atoms with Gasteiger partial charge < -0.3 is 13.9 Å². The summed E-state index contributed by atoms with van der Waals surface area (Å²) in [7, 11) is 0. The maximum atomic E-state index is 12.8. The number of unbranched alkanes of at least 4 members (excludes halogenated alkanes) is 1. The molecular formula is C27H26ClN5O4. The highest BCUT2D eigenvalue weighted by atomic mass is 35.5. The number of halogens is 1.